The summed E-state index contributed by atoms with van der Waals surface area (Å²) in [5, 5.41) is 11.6. The SMILES string of the molecule is OC(c1ccc2c(c1)CCCC2)c1c(Cl)cccc1Cl. The number of halogens is 2. The molecular weight excluding hydrogens is 291 g/mol. The van der Waals surface area contributed by atoms with Crippen molar-refractivity contribution in [2.45, 2.75) is 31.8 Å². The molecule has 0 saturated carbocycles. The Morgan fingerprint density at radius 2 is 1.55 bits per heavy atom. The van der Waals surface area contributed by atoms with Crippen LogP contribution in [0.5, 0.6) is 0 Å². The summed E-state index contributed by atoms with van der Waals surface area (Å²) in [5.74, 6) is 0. The zero-order valence-corrected chi connectivity index (χ0v) is 12.6. The molecule has 2 aromatic carbocycles. The maximum absolute atomic E-state index is 10.6. The van der Waals surface area contributed by atoms with Gasteiger partial charge in [0.15, 0.2) is 0 Å². The van der Waals surface area contributed by atoms with Gasteiger partial charge in [-0.3, -0.25) is 0 Å². The predicted molar refractivity (Wildman–Crippen MR) is 83.6 cm³/mol. The van der Waals surface area contributed by atoms with Crippen molar-refractivity contribution in [1.29, 1.82) is 0 Å². The molecule has 0 spiro atoms. The molecule has 1 atom stereocenters. The van der Waals surface area contributed by atoms with Crippen molar-refractivity contribution >= 4 is 23.2 Å². The minimum Gasteiger partial charge on any atom is -0.384 e. The summed E-state index contributed by atoms with van der Waals surface area (Å²) in [7, 11) is 0. The summed E-state index contributed by atoms with van der Waals surface area (Å²) >= 11 is 12.3. The summed E-state index contributed by atoms with van der Waals surface area (Å²) < 4.78 is 0. The van der Waals surface area contributed by atoms with E-state index in [4.69, 9.17) is 23.2 Å². The summed E-state index contributed by atoms with van der Waals surface area (Å²) in [6.45, 7) is 0. The van der Waals surface area contributed by atoms with Gasteiger partial charge in [0.05, 0.1) is 0 Å². The van der Waals surface area contributed by atoms with Gasteiger partial charge in [0.25, 0.3) is 0 Å². The average molecular weight is 307 g/mol. The second kappa shape index (κ2) is 5.77. The smallest absolute Gasteiger partial charge is 0.107 e. The number of rotatable bonds is 2. The van der Waals surface area contributed by atoms with Crippen LogP contribution >= 0.6 is 23.2 Å². The van der Waals surface area contributed by atoms with Crippen molar-refractivity contribution in [3.8, 4) is 0 Å². The molecular formula is C17H16Cl2O. The van der Waals surface area contributed by atoms with Crippen LogP contribution in [0.4, 0.5) is 0 Å². The third kappa shape index (κ3) is 2.58. The van der Waals surface area contributed by atoms with Crippen LogP contribution < -0.4 is 0 Å². The molecule has 0 heterocycles. The van der Waals surface area contributed by atoms with Gasteiger partial charge in [-0.25, -0.2) is 0 Å². The Balaban J connectivity index is 2.00. The molecule has 3 rings (SSSR count). The van der Waals surface area contributed by atoms with Crippen LogP contribution in [-0.4, -0.2) is 5.11 Å². The molecule has 0 aromatic heterocycles. The number of hydrogen-bond acceptors (Lipinski definition) is 1. The summed E-state index contributed by atoms with van der Waals surface area (Å²) in [6, 6.07) is 11.5. The Bertz CT molecular complexity index is 617. The highest BCUT2D eigenvalue weighted by Gasteiger charge is 2.19. The monoisotopic (exact) mass is 306 g/mol. The Morgan fingerprint density at radius 3 is 2.25 bits per heavy atom. The van der Waals surface area contributed by atoms with Crippen molar-refractivity contribution in [1.82, 2.24) is 0 Å². The van der Waals surface area contributed by atoms with Gasteiger partial charge in [-0.2, -0.15) is 0 Å². The fraction of sp³-hybridized carbons (Fsp3) is 0.294. The highest BCUT2D eigenvalue weighted by atomic mass is 35.5. The van der Waals surface area contributed by atoms with Crippen LogP contribution in [0.1, 0.15) is 41.2 Å². The number of hydrogen-bond donors (Lipinski definition) is 1. The molecule has 1 aliphatic carbocycles. The highest BCUT2D eigenvalue weighted by Crippen LogP contribution is 2.35. The van der Waals surface area contributed by atoms with E-state index < -0.39 is 6.10 Å². The second-order valence-electron chi connectivity index (χ2n) is 5.27. The van der Waals surface area contributed by atoms with E-state index in [0.717, 1.165) is 18.4 Å². The molecule has 0 amide bonds. The van der Waals surface area contributed by atoms with Crippen LogP contribution in [0.3, 0.4) is 0 Å². The van der Waals surface area contributed by atoms with Crippen LogP contribution in [0.2, 0.25) is 10.0 Å². The maximum atomic E-state index is 10.6. The molecule has 1 N–H and O–H groups in total. The van der Waals surface area contributed by atoms with Crippen LogP contribution in [0.15, 0.2) is 36.4 Å². The van der Waals surface area contributed by atoms with E-state index >= 15 is 0 Å². The third-order valence-electron chi connectivity index (χ3n) is 3.96. The van der Waals surface area contributed by atoms with E-state index in [0.29, 0.717) is 15.6 Å². The van der Waals surface area contributed by atoms with Crippen LogP contribution in [0.25, 0.3) is 0 Å². The van der Waals surface area contributed by atoms with Crippen LogP contribution in [-0.2, 0) is 12.8 Å². The molecule has 0 fully saturated rings. The predicted octanol–water partition coefficient (Wildman–Crippen LogP) is 4.95. The molecule has 104 valence electrons. The first-order valence-corrected chi connectivity index (χ1v) is 7.66. The number of aryl methyl sites for hydroxylation is 2. The molecule has 1 unspecified atom stereocenters. The van der Waals surface area contributed by atoms with Crippen molar-refractivity contribution < 1.29 is 5.11 Å². The van der Waals surface area contributed by atoms with E-state index in [1.807, 2.05) is 6.07 Å². The molecule has 0 bridgehead atoms. The lowest BCUT2D eigenvalue weighted by Crippen LogP contribution is -2.07. The third-order valence-corrected chi connectivity index (χ3v) is 4.62. The first kappa shape index (κ1) is 13.9. The van der Waals surface area contributed by atoms with Gasteiger partial charge in [-0.15, -0.1) is 0 Å². The number of benzene rings is 2. The number of fused-ring (bicyclic) bond motifs is 1. The minimum absolute atomic E-state index is 0.503. The topological polar surface area (TPSA) is 20.2 Å². The Hall–Kier alpha value is -1.02. The number of aliphatic hydroxyl groups excluding tert-OH is 1. The van der Waals surface area contributed by atoms with Gasteiger partial charge in [0.2, 0.25) is 0 Å². The van der Waals surface area contributed by atoms with Gasteiger partial charge in [0.1, 0.15) is 6.10 Å². The molecule has 1 aliphatic rings. The standard InChI is InChI=1S/C17H16Cl2O/c18-14-6-3-7-15(19)16(14)17(20)13-9-8-11-4-1-2-5-12(11)10-13/h3,6-10,17,20H,1-2,4-5H2. The molecule has 0 saturated heterocycles. The molecule has 20 heavy (non-hydrogen) atoms. The first-order chi connectivity index (χ1) is 9.66. The second-order valence-corrected chi connectivity index (χ2v) is 6.09. The lowest BCUT2D eigenvalue weighted by Gasteiger charge is -2.20. The molecule has 2 aromatic rings. The maximum Gasteiger partial charge on any atom is 0.107 e. The summed E-state index contributed by atoms with van der Waals surface area (Å²) in [4.78, 5) is 0. The lowest BCUT2D eigenvalue weighted by atomic mass is 9.88. The van der Waals surface area contributed by atoms with Crippen molar-refractivity contribution in [2.24, 2.45) is 0 Å². The Labute approximate surface area is 129 Å². The fourth-order valence-electron chi connectivity index (χ4n) is 2.86. The van der Waals surface area contributed by atoms with E-state index in [1.165, 1.54) is 24.0 Å². The van der Waals surface area contributed by atoms with Gasteiger partial charge in [-0.1, -0.05) is 47.5 Å². The van der Waals surface area contributed by atoms with Crippen molar-refractivity contribution in [3.63, 3.8) is 0 Å². The molecule has 3 heteroatoms. The Kier molecular flexibility index (Phi) is 4.02. The Morgan fingerprint density at radius 1 is 0.900 bits per heavy atom. The van der Waals surface area contributed by atoms with Crippen molar-refractivity contribution in [3.05, 3.63) is 68.7 Å². The minimum atomic E-state index is -0.775. The number of aliphatic hydroxyl groups is 1. The van der Waals surface area contributed by atoms with Gasteiger partial charge in [-0.05, 0) is 54.5 Å². The quantitative estimate of drug-likeness (QED) is 0.832. The normalized spacial score (nSPS) is 15.8. The lowest BCUT2D eigenvalue weighted by molar-refractivity contribution is 0.220. The van der Waals surface area contributed by atoms with Gasteiger partial charge < -0.3 is 5.11 Å². The van der Waals surface area contributed by atoms with E-state index in [2.05, 4.69) is 12.1 Å². The fourth-order valence-corrected chi connectivity index (χ4v) is 3.47. The summed E-state index contributed by atoms with van der Waals surface area (Å²) in [5.41, 5.74) is 4.20. The van der Waals surface area contributed by atoms with Gasteiger partial charge >= 0.3 is 0 Å². The van der Waals surface area contributed by atoms with Gasteiger partial charge in [0, 0.05) is 15.6 Å². The van der Waals surface area contributed by atoms with E-state index in [-0.39, 0.29) is 0 Å². The zero-order valence-electron chi connectivity index (χ0n) is 11.1. The largest absolute Gasteiger partial charge is 0.384 e. The molecule has 0 radical (unpaired) electrons. The van der Waals surface area contributed by atoms with Crippen LogP contribution in [0, 0.1) is 0 Å². The zero-order chi connectivity index (χ0) is 14.1. The van der Waals surface area contributed by atoms with E-state index in [1.54, 1.807) is 18.2 Å². The molecule has 1 nitrogen and oxygen atoms in total. The highest BCUT2D eigenvalue weighted by molar-refractivity contribution is 6.36. The molecule has 0 aliphatic heterocycles. The summed E-state index contributed by atoms with van der Waals surface area (Å²) in [6.07, 6.45) is 3.93. The average Bonchev–Trinajstić information content (AvgIpc) is 2.46. The van der Waals surface area contributed by atoms with E-state index in [9.17, 15) is 5.11 Å². The van der Waals surface area contributed by atoms with Crippen molar-refractivity contribution in [2.75, 3.05) is 0 Å². The first-order valence-electron chi connectivity index (χ1n) is 6.90.